The summed E-state index contributed by atoms with van der Waals surface area (Å²) in [5, 5.41) is 9.25. The molecule has 2 aromatic carbocycles. The summed E-state index contributed by atoms with van der Waals surface area (Å²) < 4.78 is 1.03. The molecule has 5 heteroatoms. The van der Waals surface area contributed by atoms with Gasteiger partial charge in [-0.3, -0.25) is 4.79 Å². The summed E-state index contributed by atoms with van der Waals surface area (Å²) in [5.74, 6) is 0.473. The van der Waals surface area contributed by atoms with Gasteiger partial charge in [0.2, 0.25) is 0 Å². The molecule has 0 unspecified atom stereocenters. The Morgan fingerprint density at radius 3 is 2.44 bits per heavy atom. The van der Waals surface area contributed by atoms with Gasteiger partial charge in [0.15, 0.2) is 5.78 Å². The van der Waals surface area contributed by atoms with E-state index in [4.69, 9.17) is 0 Å². The molecule has 1 heterocycles. The Balaban J connectivity index is 1.66. The summed E-state index contributed by atoms with van der Waals surface area (Å²) in [7, 11) is 0. The van der Waals surface area contributed by atoms with Crippen LogP contribution in [0, 0.1) is 13.8 Å². The lowest BCUT2D eigenvalue weighted by Crippen LogP contribution is -2.05. The Kier molecular flexibility index (Phi) is 5.66. The number of nitrogens with zero attached hydrogens (tertiary/aromatic N) is 2. The summed E-state index contributed by atoms with van der Waals surface area (Å²) in [6.45, 7) is 3.96. The molecule has 0 aliphatic heterocycles. The second-order valence-corrected chi connectivity index (χ2v) is 7.71. The van der Waals surface area contributed by atoms with Crippen LogP contribution < -0.4 is 0 Å². The van der Waals surface area contributed by atoms with E-state index < -0.39 is 0 Å². The molecule has 0 bridgehead atoms. The molecule has 3 rings (SSSR count). The molecule has 1 aromatic heterocycles. The van der Waals surface area contributed by atoms with E-state index in [0.29, 0.717) is 5.75 Å². The van der Waals surface area contributed by atoms with Gasteiger partial charge in [-0.15, -0.1) is 10.2 Å². The van der Waals surface area contributed by atoms with Crippen LogP contribution in [0.4, 0.5) is 0 Å². The van der Waals surface area contributed by atoms with E-state index in [1.165, 1.54) is 11.8 Å². The first kappa shape index (κ1) is 17.8. The largest absolute Gasteiger partial charge is 0.293 e. The molecule has 0 saturated carbocycles. The van der Waals surface area contributed by atoms with Crippen molar-refractivity contribution >= 4 is 33.5 Å². The Morgan fingerprint density at radius 2 is 1.76 bits per heavy atom. The van der Waals surface area contributed by atoms with Crippen LogP contribution in [0.25, 0.3) is 11.3 Å². The molecule has 3 nitrogen and oxygen atoms in total. The molecule has 0 spiro atoms. The molecule has 0 N–H and O–H groups in total. The minimum absolute atomic E-state index is 0.116. The summed E-state index contributed by atoms with van der Waals surface area (Å²) in [4.78, 5) is 12.4. The van der Waals surface area contributed by atoms with Crippen LogP contribution in [0.5, 0.6) is 0 Å². The standard InChI is InChI=1S/C20H17BrN2OS/c1-13-3-4-14(2)17(11-13)19(24)12-25-20-10-9-18(22-23-20)15-5-7-16(21)8-6-15/h3-11H,12H2,1-2H3. The number of hydrogen-bond acceptors (Lipinski definition) is 4. The molecule has 0 saturated heterocycles. The van der Waals surface area contributed by atoms with Crippen molar-refractivity contribution < 1.29 is 4.79 Å². The second kappa shape index (κ2) is 7.93. The third-order valence-corrected chi connectivity index (χ3v) is 5.27. The number of carbonyl (C=O) groups excluding carboxylic acids is 1. The van der Waals surface area contributed by atoms with E-state index >= 15 is 0 Å². The van der Waals surface area contributed by atoms with Crippen LogP contribution in [-0.4, -0.2) is 21.7 Å². The lowest BCUT2D eigenvalue weighted by atomic mass is 10.0. The molecule has 0 fully saturated rings. The predicted octanol–water partition coefficient (Wildman–Crippen LogP) is 5.50. The number of carbonyl (C=O) groups is 1. The van der Waals surface area contributed by atoms with E-state index in [1.54, 1.807) is 0 Å². The molecule has 0 aliphatic rings. The number of hydrogen-bond donors (Lipinski definition) is 0. The number of benzene rings is 2. The highest BCUT2D eigenvalue weighted by molar-refractivity contribution is 9.10. The summed E-state index contributed by atoms with van der Waals surface area (Å²) >= 11 is 4.83. The minimum Gasteiger partial charge on any atom is -0.293 e. The van der Waals surface area contributed by atoms with E-state index in [1.807, 2.05) is 68.4 Å². The highest BCUT2D eigenvalue weighted by Crippen LogP contribution is 2.22. The quantitative estimate of drug-likeness (QED) is 0.409. The highest BCUT2D eigenvalue weighted by Gasteiger charge is 2.11. The second-order valence-electron chi connectivity index (χ2n) is 5.79. The fourth-order valence-corrected chi connectivity index (χ4v) is 3.39. The summed E-state index contributed by atoms with van der Waals surface area (Å²) in [5.41, 5.74) is 4.72. The number of aromatic nitrogens is 2. The number of rotatable bonds is 5. The third kappa shape index (κ3) is 4.55. The van der Waals surface area contributed by atoms with Gasteiger partial charge in [0.1, 0.15) is 5.03 Å². The number of ketones is 1. The van der Waals surface area contributed by atoms with Crippen LogP contribution >= 0.6 is 27.7 Å². The number of halogens is 1. The zero-order chi connectivity index (χ0) is 17.8. The SMILES string of the molecule is Cc1ccc(C)c(C(=O)CSc2ccc(-c3ccc(Br)cc3)nn2)c1. The predicted molar refractivity (Wildman–Crippen MR) is 106 cm³/mol. The maximum atomic E-state index is 12.4. The van der Waals surface area contributed by atoms with Gasteiger partial charge in [-0.1, -0.05) is 57.5 Å². The van der Waals surface area contributed by atoms with Gasteiger partial charge in [-0.25, -0.2) is 0 Å². The van der Waals surface area contributed by atoms with Gasteiger partial charge < -0.3 is 0 Å². The van der Waals surface area contributed by atoms with Crippen molar-refractivity contribution in [2.24, 2.45) is 0 Å². The van der Waals surface area contributed by atoms with Crippen molar-refractivity contribution in [2.45, 2.75) is 18.9 Å². The van der Waals surface area contributed by atoms with E-state index in [2.05, 4.69) is 26.1 Å². The maximum Gasteiger partial charge on any atom is 0.173 e. The average Bonchev–Trinajstić information content (AvgIpc) is 2.63. The number of aryl methyl sites for hydroxylation is 2. The molecule has 25 heavy (non-hydrogen) atoms. The molecule has 3 aromatic rings. The van der Waals surface area contributed by atoms with Gasteiger partial charge in [0, 0.05) is 15.6 Å². The topological polar surface area (TPSA) is 42.9 Å². The third-order valence-electron chi connectivity index (χ3n) is 3.82. The molecular formula is C20H17BrN2OS. The van der Waals surface area contributed by atoms with Crippen LogP contribution in [0.2, 0.25) is 0 Å². The Bertz CT molecular complexity index is 893. The van der Waals surface area contributed by atoms with Gasteiger partial charge in [-0.2, -0.15) is 0 Å². The highest BCUT2D eigenvalue weighted by atomic mass is 79.9. The summed E-state index contributed by atoms with van der Waals surface area (Å²) in [6, 6.07) is 17.7. The van der Waals surface area contributed by atoms with Gasteiger partial charge in [0.05, 0.1) is 11.4 Å². The monoisotopic (exact) mass is 412 g/mol. The van der Waals surface area contributed by atoms with E-state index in [-0.39, 0.29) is 5.78 Å². The zero-order valence-electron chi connectivity index (χ0n) is 14.0. The molecule has 0 aliphatic carbocycles. The fourth-order valence-electron chi connectivity index (χ4n) is 2.43. The van der Waals surface area contributed by atoms with Crippen molar-refractivity contribution in [3.8, 4) is 11.3 Å². The van der Waals surface area contributed by atoms with Crippen molar-refractivity contribution in [3.63, 3.8) is 0 Å². The van der Waals surface area contributed by atoms with Crippen molar-refractivity contribution in [1.82, 2.24) is 10.2 Å². The van der Waals surface area contributed by atoms with Gasteiger partial charge in [0.25, 0.3) is 0 Å². The molecule has 0 amide bonds. The first-order valence-corrected chi connectivity index (χ1v) is 9.64. The van der Waals surface area contributed by atoms with Gasteiger partial charge >= 0.3 is 0 Å². The molecular weight excluding hydrogens is 396 g/mol. The van der Waals surface area contributed by atoms with Crippen molar-refractivity contribution in [2.75, 3.05) is 5.75 Å². The molecule has 0 atom stereocenters. The van der Waals surface area contributed by atoms with Gasteiger partial charge in [-0.05, 0) is 49.7 Å². The average molecular weight is 413 g/mol. The minimum atomic E-state index is 0.116. The van der Waals surface area contributed by atoms with Crippen LogP contribution in [0.3, 0.4) is 0 Å². The van der Waals surface area contributed by atoms with Crippen molar-refractivity contribution in [3.05, 3.63) is 75.8 Å². The van der Waals surface area contributed by atoms with Crippen molar-refractivity contribution in [1.29, 1.82) is 0 Å². The zero-order valence-corrected chi connectivity index (χ0v) is 16.4. The summed E-state index contributed by atoms with van der Waals surface area (Å²) in [6.07, 6.45) is 0. The normalized spacial score (nSPS) is 10.7. The van der Waals surface area contributed by atoms with Crippen LogP contribution in [-0.2, 0) is 0 Å². The lowest BCUT2D eigenvalue weighted by molar-refractivity contribution is 0.102. The lowest BCUT2D eigenvalue weighted by Gasteiger charge is -2.06. The first-order chi connectivity index (χ1) is 12.0. The smallest absolute Gasteiger partial charge is 0.173 e. The van der Waals surface area contributed by atoms with E-state index in [0.717, 1.165) is 37.4 Å². The number of thioether (sulfide) groups is 1. The Hall–Kier alpha value is -1.98. The fraction of sp³-hybridized carbons (Fsp3) is 0.150. The molecule has 0 radical (unpaired) electrons. The maximum absolute atomic E-state index is 12.4. The Labute approximate surface area is 160 Å². The Morgan fingerprint density at radius 1 is 1.00 bits per heavy atom. The van der Waals surface area contributed by atoms with Crippen LogP contribution in [0.15, 0.2) is 64.1 Å². The molecule has 126 valence electrons. The first-order valence-electron chi connectivity index (χ1n) is 7.86. The van der Waals surface area contributed by atoms with E-state index in [9.17, 15) is 4.79 Å². The number of Topliss-reactive ketones (excluding diaryl/α,β-unsaturated/α-hetero) is 1. The van der Waals surface area contributed by atoms with Crippen LogP contribution in [0.1, 0.15) is 21.5 Å².